The Bertz CT molecular complexity index is 394. The Morgan fingerprint density at radius 2 is 2.06 bits per heavy atom. The third kappa shape index (κ3) is 2.75. The molecule has 1 aromatic carbocycles. The minimum absolute atomic E-state index is 0.125. The van der Waals surface area contributed by atoms with E-state index in [-0.39, 0.29) is 11.8 Å². The van der Waals surface area contributed by atoms with Crippen LogP contribution in [0.5, 0.6) is 5.75 Å². The number of carboxylic acid groups (broad SMARTS) is 1. The molecule has 0 aliphatic rings. The first-order chi connectivity index (χ1) is 7.36. The highest BCUT2D eigenvalue weighted by Crippen LogP contribution is 2.31. The first-order valence-corrected chi connectivity index (χ1v) is 5.24. The van der Waals surface area contributed by atoms with Crippen molar-refractivity contribution in [2.45, 2.75) is 32.6 Å². The van der Waals surface area contributed by atoms with Crippen LogP contribution in [0.3, 0.4) is 0 Å². The SMILES string of the molecule is COc1ccc(C(C)(C)CC(=O)O)c(C)c1. The van der Waals surface area contributed by atoms with Gasteiger partial charge in [-0.25, -0.2) is 0 Å². The van der Waals surface area contributed by atoms with Crippen LogP contribution in [0.2, 0.25) is 0 Å². The predicted octanol–water partition coefficient (Wildman–Crippen LogP) is 2.76. The van der Waals surface area contributed by atoms with Crippen LogP contribution >= 0.6 is 0 Å². The summed E-state index contributed by atoms with van der Waals surface area (Å²) < 4.78 is 5.13. The van der Waals surface area contributed by atoms with Crippen molar-refractivity contribution in [2.24, 2.45) is 0 Å². The predicted molar refractivity (Wildman–Crippen MR) is 63.0 cm³/mol. The maximum atomic E-state index is 10.8. The van der Waals surface area contributed by atoms with Gasteiger partial charge in [0.15, 0.2) is 0 Å². The third-order valence-electron chi connectivity index (χ3n) is 2.76. The molecule has 1 rings (SSSR count). The molecule has 0 aliphatic carbocycles. The van der Waals surface area contributed by atoms with Crippen LogP contribution in [-0.4, -0.2) is 18.2 Å². The van der Waals surface area contributed by atoms with Crippen molar-refractivity contribution in [3.8, 4) is 5.75 Å². The smallest absolute Gasteiger partial charge is 0.304 e. The molecule has 0 saturated carbocycles. The Labute approximate surface area is 96.1 Å². The van der Waals surface area contributed by atoms with E-state index >= 15 is 0 Å². The van der Waals surface area contributed by atoms with E-state index in [1.165, 1.54) is 0 Å². The number of hydrogen-bond acceptors (Lipinski definition) is 2. The number of aryl methyl sites for hydroxylation is 1. The molecular formula is C13H18O3. The molecule has 3 nitrogen and oxygen atoms in total. The molecule has 16 heavy (non-hydrogen) atoms. The van der Waals surface area contributed by atoms with Crippen molar-refractivity contribution >= 4 is 5.97 Å². The fraction of sp³-hybridized carbons (Fsp3) is 0.462. The van der Waals surface area contributed by atoms with Gasteiger partial charge in [-0.05, 0) is 30.2 Å². The van der Waals surface area contributed by atoms with E-state index in [1.807, 2.05) is 39.0 Å². The zero-order chi connectivity index (χ0) is 12.3. The van der Waals surface area contributed by atoms with Gasteiger partial charge < -0.3 is 9.84 Å². The lowest BCUT2D eigenvalue weighted by Gasteiger charge is -2.25. The lowest BCUT2D eigenvalue weighted by Crippen LogP contribution is -2.22. The van der Waals surface area contributed by atoms with Crippen molar-refractivity contribution < 1.29 is 14.6 Å². The number of benzene rings is 1. The van der Waals surface area contributed by atoms with Gasteiger partial charge in [0.25, 0.3) is 0 Å². The highest BCUT2D eigenvalue weighted by molar-refractivity contribution is 5.69. The molecule has 0 amide bonds. The van der Waals surface area contributed by atoms with Gasteiger partial charge in [-0.3, -0.25) is 4.79 Å². The number of carbonyl (C=O) groups is 1. The fourth-order valence-corrected chi connectivity index (χ4v) is 2.00. The van der Waals surface area contributed by atoms with Crippen molar-refractivity contribution in [1.82, 2.24) is 0 Å². The molecule has 0 spiro atoms. The maximum Gasteiger partial charge on any atom is 0.304 e. The average molecular weight is 222 g/mol. The second-order valence-corrected chi connectivity index (χ2v) is 4.64. The maximum absolute atomic E-state index is 10.8. The molecular weight excluding hydrogens is 204 g/mol. The second-order valence-electron chi connectivity index (χ2n) is 4.64. The molecule has 1 aromatic rings. The highest BCUT2D eigenvalue weighted by atomic mass is 16.5. The summed E-state index contributed by atoms with van der Waals surface area (Å²) in [6.45, 7) is 5.85. The molecule has 1 N–H and O–H groups in total. The first kappa shape index (κ1) is 12.6. The lowest BCUT2D eigenvalue weighted by molar-refractivity contribution is -0.138. The van der Waals surface area contributed by atoms with Gasteiger partial charge in [0, 0.05) is 5.41 Å². The molecule has 3 heteroatoms. The van der Waals surface area contributed by atoms with Gasteiger partial charge in [-0.1, -0.05) is 19.9 Å². The molecule has 0 aliphatic heterocycles. The summed E-state index contributed by atoms with van der Waals surface area (Å²) >= 11 is 0. The van der Waals surface area contributed by atoms with Crippen LogP contribution < -0.4 is 4.74 Å². The van der Waals surface area contributed by atoms with Crippen LogP contribution in [0.1, 0.15) is 31.4 Å². The number of aliphatic carboxylic acids is 1. The molecule has 0 bridgehead atoms. The number of carboxylic acids is 1. The van der Waals surface area contributed by atoms with E-state index in [4.69, 9.17) is 9.84 Å². The van der Waals surface area contributed by atoms with E-state index in [9.17, 15) is 4.79 Å². The molecule has 0 radical (unpaired) electrons. The zero-order valence-electron chi connectivity index (χ0n) is 10.2. The Hall–Kier alpha value is -1.51. The van der Waals surface area contributed by atoms with Crippen LogP contribution in [0.4, 0.5) is 0 Å². The molecule has 0 atom stereocenters. The fourth-order valence-electron chi connectivity index (χ4n) is 2.00. The number of hydrogen-bond donors (Lipinski definition) is 1. The summed E-state index contributed by atoms with van der Waals surface area (Å²) in [5, 5.41) is 8.88. The minimum atomic E-state index is -0.778. The van der Waals surface area contributed by atoms with E-state index < -0.39 is 5.97 Å². The van der Waals surface area contributed by atoms with Crippen molar-refractivity contribution in [3.63, 3.8) is 0 Å². The van der Waals surface area contributed by atoms with Gasteiger partial charge in [0.05, 0.1) is 13.5 Å². The standard InChI is InChI=1S/C13H18O3/c1-9-7-10(16-4)5-6-11(9)13(2,3)8-12(14)15/h5-7H,8H2,1-4H3,(H,14,15). The van der Waals surface area contributed by atoms with Crippen molar-refractivity contribution in [2.75, 3.05) is 7.11 Å². The van der Waals surface area contributed by atoms with E-state index in [0.717, 1.165) is 16.9 Å². The zero-order valence-corrected chi connectivity index (χ0v) is 10.2. The molecule has 0 fully saturated rings. The van der Waals surface area contributed by atoms with E-state index in [2.05, 4.69) is 0 Å². The summed E-state index contributed by atoms with van der Waals surface area (Å²) in [7, 11) is 1.62. The average Bonchev–Trinajstić information content (AvgIpc) is 2.14. The number of methoxy groups -OCH3 is 1. The van der Waals surface area contributed by atoms with E-state index in [1.54, 1.807) is 7.11 Å². The Kier molecular flexibility index (Phi) is 3.58. The Morgan fingerprint density at radius 1 is 1.44 bits per heavy atom. The highest BCUT2D eigenvalue weighted by Gasteiger charge is 2.25. The minimum Gasteiger partial charge on any atom is -0.497 e. The summed E-state index contributed by atoms with van der Waals surface area (Å²) in [5.41, 5.74) is 1.75. The summed E-state index contributed by atoms with van der Waals surface area (Å²) in [4.78, 5) is 10.8. The number of rotatable bonds is 4. The molecule has 0 heterocycles. The monoisotopic (exact) mass is 222 g/mol. The van der Waals surface area contributed by atoms with Crippen LogP contribution in [0.15, 0.2) is 18.2 Å². The van der Waals surface area contributed by atoms with Crippen LogP contribution in [-0.2, 0) is 10.2 Å². The molecule has 0 aromatic heterocycles. The normalized spacial score (nSPS) is 11.2. The van der Waals surface area contributed by atoms with Gasteiger partial charge in [-0.2, -0.15) is 0 Å². The second kappa shape index (κ2) is 4.56. The quantitative estimate of drug-likeness (QED) is 0.852. The summed E-state index contributed by atoms with van der Waals surface area (Å²) in [6.07, 6.45) is 0.125. The largest absolute Gasteiger partial charge is 0.497 e. The summed E-state index contributed by atoms with van der Waals surface area (Å²) in [6, 6.07) is 5.74. The third-order valence-corrected chi connectivity index (χ3v) is 2.76. The Balaban J connectivity index is 3.08. The lowest BCUT2D eigenvalue weighted by atomic mass is 9.79. The van der Waals surface area contributed by atoms with Gasteiger partial charge in [-0.15, -0.1) is 0 Å². The van der Waals surface area contributed by atoms with Crippen molar-refractivity contribution in [3.05, 3.63) is 29.3 Å². The first-order valence-electron chi connectivity index (χ1n) is 5.24. The molecule has 0 saturated heterocycles. The molecule has 88 valence electrons. The topological polar surface area (TPSA) is 46.5 Å². The van der Waals surface area contributed by atoms with Crippen LogP contribution in [0, 0.1) is 6.92 Å². The van der Waals surface area contributed by atoms with Gasteiger partial charge in [0.2, 0.25) is 0 Å². The van der Waals surface area contributed by atoms with Gasteiger partial charge in [0.1, 0.15) is 5.75 Å². The van der Waals surface area contributed by atoms with Crippen molar-refractivity contribution in [1.29, 1.82) is 0 Å². The molecule has 0 unspecified atom stereocenters. The Morgan fingerprint density at radius 3 is 2.50 bits per heavy atom. The van der Waals surface area contributed by atoms with Crippen LogP contribution in [0.25, 0.3) is 0 Å². The van der Waals surface area contributed by atoms with Gasteiger partial charge >= 0.3 is 5.97 Å². The summed E-state index contributed by atoms with van der Waals surface area (Å²) in [5.74, 6) is 0.0209. The van der Waals surface area contributed by atoms with E-state index in [0.29, 0.717) is 0 Å². The number of ether oxygens (including phenoxy) is 1.